The van der Waals surface area contributed by atoms with E-state index in [1.807, 2.05) is 0 Å². The maximum Gasteiger partial charge on any atom is 0.309 e. The molecule has 0 saturated carbocycles. The van der Waals surface area contributed by atoms with Crippen LogP contribution in [0.4, 0.5) is 0 Å². The SMILES string of the molecule is CCCCCCCCC(CCCCCC)C(=O)OCCOCCNCCOCCOC(=O)C(CCCCCC)CCCCCCCC. The first-order valence-corrected chi connectivity index (χ1v) is 20.3. The Morgan fingerprint density at radius 2 is 0.702 bits per heavy atom. The van der Waals surface area contributed by atoms with Gasteiger partial charge in [-0.15, -0.1) is 0 Å². The van der Waals surface area contributed by atoms with Crippen LogP contribution in [0.1, 0.15) is 182 Å². The van der Waals surface area contributed by atoms with E-state index in [4.69, 9.17) is 18.9 Å². The highest BCUT2D eigenvalue weighted by molar-refractivity contribution is 5.72. The summed E-state index contributed by atoms with van der Waals surface area (Å²) >= 11 is 0. The van der Waals surface area contributed by atoms with Crippen LogP contribution in [0, 0.1) is 11.8 Å². The number of hydrogen-bond donors (Lipinski definition) is 1. The molecule has 280 valence electrons. The third-order valence-corrected chi connectivity index (χ3v) is 9.08. The molecule has 7 heteroatoms. The van der Waals surface area contributed by atoms with Crippen molar-refractivity contribution in [3.63, 3.8) is 0 Å². The van der Waals surface area contributed by atoms with Crippen LogP contribution in [-0.2, 0) is 28.5 Å². The van der Waals surface area contributed by atoms with Crippen molar-refractivity contribution < 1.29 is 28.5 Å². The van der Waals surface area contributed by atoms with Gasteiger partial charge in [0.25, 0.3) is 0 Å². The van der Waals surface area contributed by atoms with Crippen molar-refractivity contribution in [3.05, 3.63) is 0 Å². The number of ether oxygens (including phenoxy) is 4. The molecule has 0 radical (unpaired) electrons. The summed E-state index contributed by atoms with van der Waals surface area (Å²) in [6.07, 6.45) is 28.3. The Bertz CT molecular complexity index is 607. The largest absolute Gasteiger partial charge is 0.463 e. The zero-order valence-electron chi connectivity index (χ0n) is 31.7. The van der Waals surface area contributed by atoms with Crippen molar-refractivity contribution in [2.45, 2.75) is 182 Å². The Morgan fingerprint density at radius 3 is 1.04 bits per heavy atom. The molecule has 0 heterocycles. The quantitative estimate of drug-likeness (QED) is 0.0517. The molecule has 0 fully saturated rings. The van der Waals surface area contributed by atoms with Gasteiger partial charge in [0.2, 0.25) is 0 Å². The van der Waals surface area contributed by atoms with Crippen molar-refractivity contribution in [1.29, 1.82) is 0 Å². The maximum atomic E-state index is 12.7. The smallest absolute Gasteiger partial charge is 0.309 e. The second-order valence-electron chi connectivity index (χ2n) is 13.5. The highest BCUT2D eigenvalue weighted by Gasteiger charge is 2.20. The minimum absolute atomic E-state index is 0.0327. The molecule has 47 heavy (non-hydrogen) atoms. The number of hydrogen-bond acceptors (Lipinski definition) is 7. The number of carbonyl (C=O) groups excluding carboxylic acids is 2. The van der Waals surface area contributed by atoms with Crippen LogP contribution in [0.5, 0.6) is 0 Å². The minimum atomic E-state index is -0.0418. The summed E-state index contributed by atoms with van der Waals surface area (Å²) in [4.78, 5) is 25.5. The van der Waals surface area contributed by atoms with E-state index in [0.29, 0.717) is 52.7 Å². The van der Waals surface area contributed by atoms with E-state index in [9.17, 15) is 9.59 Å². The molecule has 2 atom stereocenters. The van der Waals surface area contributed by atoms with E-state index in [0.717, 1.165) is 51.4 Å². The van der Waals surface area contributed by atoms with Gasteiger partial charge in [-0.2, -0.15) is 0 Å². The van der Waals surface area contributed by atoms with Crippen LogP contribution in [0.2, 0.25) is 0 Å². The normalized spacial score (nSPS) is 12.7. The van der Waals surface area contributed by atoms with Gasteiger partial charge in [0.15, 0.2) is 0 Å². The van der Waals surface area contributed by atoms with E-state index in [-0.39, 0.29) is 23.8 Å². The van der Waals surface area contributed by atoms with Gasteiger partial charge >= 0.3 is 11.9 Å². The fraction of sp³-hybridized carbons (Fsp3) is 0.950. The third kappa shape index (κ3) is 31.8. The van der Waals surface area contributed by atoms with Gasteiger partial charge in [-0.3, -0.25) is 9.59 Å². The van der Waals surface area contributed by atoms with Gasteiger partial charge in [-0.05, 0) is 25.7 Å². The van der Waals surface area contributed by atoms with Gasteiger partial charge in [0.05, 0.1) is 38.3 Å². The standard InChI is InChI=1S/C40H79NO6/c1-5-9-13-17-19-23-27-37(25-21-15-11-7-3)39(42)46-35-33-44-31-29-41-30-32-45-34-36-47-40(43)38(26-22-16-12-8-4)28-24-20-18-14-10-6-2/h37-38,41H,5-36H2,1-4H3. The number of carbonyl (C=O) groups is 2. The van der Waals surface area contributed by atoms with Crippen LogP contribution in [-0.4, -0.2) is 64.7 Å². The lowest BCUT2D eigenvalue weighted by Crippen LogP contribution is -2.26. The molecule has 1 N–H and O–H groups in total. The average Bonchev–Trinajstić information content (AvgIpc) is 3.07. The number of rotatable bonds is 38. The maximum absolute atomic E-state index is 12.7. The fourth-order valence-corrected chi connectivity index (χ4v) is 5.99. The predicted octanol–water partition coefficient (Wildman–Crippen LogP) is 10.4. The second-order valence-corrected chi connectivity index (χ2v) is 13.5. The third-order valence-electron chi connectivity index (χ3n) is 9.08. The molecular formula is C40H79NO6. The van der Waals surface area contributed by atoms with Crippen molar-refractivity contribution >= 4 is 11.9 Å². The molecule has 2 unspecified atom stereocenters. The van der Waals surface area contributed by atoms with E-state index in [1.165, 1.54) is 103 Å². The summed E-state index contributed by atoms with van der Waals surface area (Å²) < 4.78 is 22.5. The number of nitrogens with one attached hydrogen (secondary N) is 1. The Kier molecular flexibility index (Phi) is 36.7. The van der Waals surface area contributed by atoms with Gasteiger partial charge in [-0.1, -0.05) is 156 Å². The molecule has 0 aromatic carbocycles. The summed E-state index contributed by atoms with van der Waals surface area (Å²) in [5, 5.41) is 3.31. The van der Waals surface area contributed by atoms with Crippen LogP contribution in [0.25, 0.3) is 0 Å². The highest BCUT2D eigenvalue weighted by atomic mass is 16.6. The molecule has 0 amide bonds. The lowest BCUT2D eigenvalue weighted by atomic mass is 9.94. The van der Waals surface area contributed by atoms with Crippen molar-refractivity contribution in [1.82, 2.24) is 5.32 Å². The van der Waals surface area contributed by atoms with Crippen LogP contribution in [0.3, 0.4) is 0 Å². The highest BCUT2D eigenvalue weighted by Crippen LogP contribution is 2.21. The minimum Gasteiger partial charge on any atom is -0.463 e. The van der Waals surface area contributed by atoms with Gasteiger partial charge < -0.3 is 24.3 Å². The van der Waals surface area contributed by atoms with E-state index in [2.05, 4.69) is 33.0 Å². The van der Waals surface area contributed by atoms with Crippen molar-refractivity contribution in [2.75, 3.05) is 52.7 Å². The van der Waals surface area contributed by atoms with E-state index in [1.54, 1.807) is 0 Å². The molecule has 0 aliphatic rings. The zero-order valence-corrected chi connectivity index (χ0v) is 31.7. The second kappa shape index (κ2) is 37.6. The van der Waals surface area contributed by atoms with Crippen LogP contribution in [0.15, 0.2) is 0 Å². The molecule has 0 aliphatic carbocycles. The number of unbranched alkanes of at least 4 members (excludes halogenated alkanes) is 16. The Hall–Kier alpha value is -1.18. The molecular weight excluding hydrogens is 590 g/mol. The Balaban J connectivity index is 3.95. The summed E-state index contributed by atoms with van der Waals surface area (Å²) in [6, 6.07) is 0. The molecule has 0 spiro atoms. The molecule has 0 aromatic heterocycles. The van der Waals surface area contributed by atoms with Crippen molar-refractivity contribution in [2.24, 2.45) is 11.8 Å². The molecule has 0 bridgehead atoms. The van der Waals surface area contributed by atoms with Crippen molar-refractivity contribution in [3.8, 4) is 0 Å². The fourth-order valence-electron chi connectivity index (χ4n) is 5.99. The molecule has 0 rings (SSSR count). The van der Waals surface area contributed by atoms with Crippen LogP contribution >= 0.6 is 0 Å². The summed E-state index contributed by atoms with van der Waals surface area (Å²) in [7, 11) is 0. The first kappa shape index (κ1) is 45.8. The molecule has 0 aromatic rings. The Morgan fingerprint density at radius 1 is 0.404 bits per heavy atom. The monoisotopic (exact) mass is 670 g/mol. The lowest BCUT2D eigenvalue weighted by Gasteiger charge is -2.16. The molecule has 0 aliphatic heterocycles. The van der Waals surface area contributed by atoms with Gasteiger partial charge in [0.1, 0.15) is 13.2 Å². The zero-order chi connectivity index (χ0) is 34.5. The van der Waals surface area contributed by atoms with Crippen LogP contribution < -0.4 is 5.32 Å². The first-order chi connectivity index (χ1) is 23.1. The predicted molar refractivity (Wildman–Crippen MR) is 197 cm³/mol. The Labute approximate surface area is 291 Å². The number of esters is 2. The summed E-state index contributed by atoms with van der Waals surface area (Å²) in [6.45, 7) is 12.9. The molecule has 0 saturated heterocycles. The molecule has 7 nitrogen and oxygen atoms in total. The van der Waals surface area contributed by atoms with Gasteiger partial charge in [0, 0.05) is 13.1 Å². The topological polar surface area (TPSA) is 83.1 Å². The summed E-state index contributed by atoms with van der Waals surface area (Å²) in [5.41, 5.74) is 0. The van der Waals surface area contributed by atoms with E-state index >= 15 is 0 Å². The summed E-state index contributed by atoms with van der Waals surface area (Å²) in [5.74, 6) is -0.0181. The average molecular weight is 670 g/mol. The first-order valence-electron chi connectivity index (χ1n) is 20.3. The van der Waals surface area contributed by atoms with Gasteiger partial charge in [-0.25, -0.2) is 0 Å². The lowest BCUT2D eigenvalue weighted by molar-refractivity contribution is -0.151. The van der Waals surface area contributed by atoms with E-state index < -0.39 is 0 Å².